The van der Waals surface area contributed by atoms with Crippen molar-refractivity contribution in [2.45, 2.75) is 6.54 Å². The van der Waals surface area contributed by atoms with E-state index in [-0.39, 0.29) is 12.7 Å². The second kappa shape index (κ2) is 6.28. The first-order valence-electron chi connectivity index (χ1n) is 6.86. The Labute approximate surface area is 122 Å². The number of ether oxygens (including phenoxy) is 2. The fraction of sp³-hybridized carbons (Fsp3) is 0.188. The van der Waals surface area contributed by atoms with Crippen LogP contribution in [0.4, 0.5) is 5.69 Å². The van der Waals surface area contributed by atoms with E-state index in [0.29, 0.717) is 18.0 Å². The summed E-state index contributed by atoms with van der Waals surface area (Å²) in [5.41, 5.74) is 1.92. The van der Waals surface area contributed by atoms with Crippen LogP contribution in [0.25, 0.3) is 0 Å². The molecule has 21 heavy (non-hydrogen) atoms. The summed E-state index contributed by atoms with van der Waals surface area (Å²) >= 11 is 0. The maximum Gasteiger partial charge on any atom is 0.279 e. The predicted molar refractivity (Wildman–Crippen MR) is 78.1 cm³/mol. The number of nitrogens with one attached hydrogen (secondary N) is 1. The van der Waals surface area contributed by atoms with Crippen LogP contribution in [0.3, 0.4) is 0 Å². The second-order valence-corrected chi connectivity index (χ2v) is 4.80. The number of amides is 1. The number of carbonyl (C=O) groups excluding carboxylic acids is 1. The summed E-state index contributed by atoms with van der Waals surface area (Å²) in [7, 11) is 0. The van der Waals surface area contributed by atoms with E-state index in [1.54, 1.807) is 12.1 Å². The molecule has 0 spiro atoms. The number of benzene rings is 2. The quantitative estimate of drug-likeness (QED) is 0.865. The van der Waals surface area contributed by atoms with Crippen LogP contribution in [0.2, 0.25) is 0 Å². The van der Waals surface area contributed by atoms with E-state index in [1.807, 2.05) is 41.7 Å². The van der Waals surface area contributed by atoms with Crippen LogP contribution in [0.1, 0.15) is 5.56 Å². The molecular weight excluding hydrogens is 268 g/mol. The average molecular weight is 285 g/mol. The summed E-state index contributed by atoms with van der Waals surface area (Å²) in [5, 5.41) is 4.82. The number of hydrogen-bond donors (Lipinski definition) is 2. The zero-order valence-corrected chi connectivity index (χ0v) is 11.5. The van der Waals surface area contributed by atoms with Gasteiger partial charge in [0.05, 0.1) is 0 Å². The Morgan fingerprint density at radius 1 is 1.10 bits per heavy atom. The molecule has 2 aromatic carbocycles. The molecule has 108 valence electrons. The van der Waals surface area contributed by atoms with Gasteiger partial charge in [-0.15, -0.1) is 0 Å². The minimum Gasteiger partial charge on any atom is -0.454 e. The van der Waals surface area contributed by atoms with Gasteiger partial charge >= 0.3 is 0 Å². The topological polar surface area (TPSA) is 64.2 Å². The van der Waals surface area contributed by atoms with E-state index in [2.05, 4.69) is 5.32 Å². The third-order valence-electron chi connectivity index (χ3n) is 3.21. The molecule has 0 atom stereocenters. The molecule has 0 radical (unpaired) electrons. The molecule has 0 saturated carbocycles. The number of quaternary nitrogens is 1. The third-order valence-corrected chi connectivity index (χ3v) is 3.21. The van der Waals surface area contributed by atoms with Crippen molar-refractivity contribution in [3.05, 3.63) is 54.1 Å². The maximum atomic E-state index is 11.9. The highest BCUT2D eigenvalue weighted by Crippen LogP contribution is 2.34. The van der Waals surface area contributed by atoms with Gasteiger partial charge in [0.25, 0.3) is 5.91 Å². The van der Waals surface area contributed by atoms with Crippen LogP contribution in [-0.4, -0.2) is 19.2 Å². The van der Waals surface area contributed by atoms with E-state index in [9.17, 15) is 4.79 Å². The lowest BCUT2D eigenvalue weighted by molar-refractivity contribution is -0.659. The van der Waals surface area contributed by atoms with E-state index in [0.717, 1.165) is 12.2 Å². The van der Waals surface area contributed by atoms with Crippen LogP contribution in [0.5, 0.6) is 11.5 Å². The summed E-state index contributed by atoms with van der Waals surface area (Å²) < 4.78 is 10.5. The molecule has 0 aliphatic carbocycles. The Kier molecular flexibility index (Phi) is 4.02. The highest BCUT2D eigenvalue weighted by atomic mass is 16.7. The fourth-order valence-electron chi connectivity index (χ4n) is 2.17. The summed E-state index contributed by atoms with van der Waals surface area (Å²) in [4.78, 5) is 11.9. The van der Waals surface area contributed by atoms with Crippen molar-refractivity contribution < 1.29 is 19.6 Å². The normalized spacial score (nSPS) is 12.2. The van der Waals surface area contributed by atoms with Gasteiger partial charge in [-0.05, 0) is 12.1 Å². The van der Waals surface area contributed by atoms with Gasteiger partial charge in [-0.2, -0.15) is 0 Å². The molecule has 0 fully saturated rings. The van der Waals surface area contributed by atoms with Crippen LogP contribution in [0, 0.1) is 0 Å². The van der Waals surface area contributed by atoms with Crippen molar-refractivity contribution >= 4 is 11.6 Å². The van der Waals surface area contributed by atoms with Gasteiger partial charge in [0, 0.05) is 17.3 Å². The molecular formula is C16H17N2O3+. The molecule has 0 bridgehead atoms. The first kappa shape index (κ1) is 13.5. The summed E-state index contributed by atoms with van der Waals surface area (Å²) in [6.07, 6.45) is 0. The average Bonchev–Trinajstić information content (AvgIpc) is 2.96. The zero-order chi connectivity index (χ0) is 14.5. The second-order valence-electron chi connectivity index (χ2n) is 4.80. The van der Waals surface area contributed by atoms with Crippen molar-refractivity contribution in [1.29, 1.82) is 0 Å². The molecule has 0 saturated heterocycles. The van der Waals surface area contributed by atoms with Gasteiger partial charge in [-0.1, -0.05) is 30.3 Å². The molecule has 0 aromatic heterocycles. The Bertz CT molecular complexity index is 629. The Balaban J connectivity index is 1.48. The smallest absolute Gasteiger partial charge is 0.279 e. The van der Waals surface area contributed by atoms with Crippen molar-refractivity contribution in [3.63, 3.8) is 0 Å². The molecule has 3 rings (SSSR count). The standard InChI is InChI=1S/C16H16N2O3/c19-16(10-17-9-12-4-2-1-3-5-12)18-13-6-7-14-15(8-13)21-11-20-14/h1-8,17H,9-11H2,(H,18,19)/p+1. The largest absolute Gasteiger partial charge is 0.454 e. The molecule has 1 aliphatic rings. The third kappa shape index (κ3) is 3.52. The zero-order valence-electron chi connectivity index (χ0n) is 11.5. The van der Waals surface area contributed by atoms with Crippen molar-refractivity contribution in [2.75, 3.05) is 18.7 Å². The lowest BCUT2D eigenvalue weighted by Crippen LogP contribution is -2.84. The molecule has 1 heterocycles. The molecule has 0 unspecified atom stereocenters. The predicted octanol–water partition coefficient (Wildman–Crippen LogP) is 1.12. The van der Waals surface area contributed by atoms with Crippen LogP contribution in [0.15, 0.2) is 48.5 Å². The van der Waals surface area contributed by atoms with Gasteiger partial charge in [0.1, 0.15) is 6.54 Å². The number of fused-ring (bicyclic) bond motifs is 1. The monoisotopic (exact) mass is 285 g/mol. The highest BCUT2D eigenvalue weighted by Gasteiger charge is 2.14. The van der Waals surface area contributed by atoms with Crippen molar-refractivity contribution in [1.82, 2.24) is 0 Å². The molecule has 1 amide bonds. The van der Waals surface area contributed by atoms with Gasteiger partial charge in [-0.3, -0.25) is 4.79 Å². The van der Waals surface area contributed by atoms with E-state index in [1.165, 1.54) is 5.56 Å². The highest BCUT2D eigenvalue weighted by molar-refractivity contribution is 5.91. The minimum absolute atomic E-state index is 0.0372. The van der Waals surface area contributed by atoms with Gasteiger partial charge < -0.3 is 20.1 Å². The van der Waals surface area contributed by atoms with E-state index in [4.69, 9.17) is 9.47 Å². The van der Waals surface area contributed by atoms with Gasteiger partial charge in [-0.25, -0.2) is 0 Å². The molecule has 3 N–H and O–H groups in total. The number of hydrogen-bond acceptors (Lipinski definition) is 3. The lowest BCUT2D eigenvalue weighted by Gasteiger charge is -2.06. The lowest BCUT2D eigenvalue weighted by atomic mass is 10.2. The fourth-order valence-corrected chi connectivity index (χ4v) is 2.17. The van der Waals surface area contributed by atoms with Crippen molar-refractivity contribution in [2.24, 2.45) is 0 Å². The van der Waals surface area contributed by atoms with E-state index < -0.39 is 0 Å². The maximum absolute atomic E-state index is 11.9. The summed E-state index contributed by atoms with van der Waals surface area (Å²) in [6, 6.07) is 15.5. The van der Waals surface area contributed by atoms with Crippen LogP contribution in [-0.2, 0) is 11.3 Å². The number of nitrogens with two attached hydrogens (primary N) is 1. The number of anilines is 1. The molecule has 5 nitrogen and oxygen atoms in total. The van der Waals surface area contributed by atoms with Crippen LogP contribution >= 0.6 is 0 Å². The molecule has 1 aliphatic heterocycles. The Hall–Kier alpha value is -2.53. The van der Waals surface area contributed by atoms with Crippen molar-refractivity contribution in [3.8, 4) is 11.5 Å². The Morgan fingerprint density at radius 2 is 1.90 bits per heavy atom. The molecule has 5 heteroatoms. The first-order valence-corrected chi connectivity index (χ1v) is 6.86. The summed E-state index contributed by atoms with van der Waals surface area (Å²) in [5.74, 6) is 1.34. The SMILES string of the molecule is O=C(C[NH2+]Cc1ccccc1)Nc1ccc2c(c1)OCO2. The van der Waals surface area contributed by atoms with Gasteiger partial charge in [0.15, 0.2) is 18.0 Å². The Morgan fingerprint density at radius 3 is 2.76 bits per heavy atom. The first-order chi connectivity index (χ1) is 10.3. The van der Waals surface area contributed by atoms with E-state index >= 15 is 0 Å². The van der Waals surface area contributed by atoms with Gasteiger partial charge in [0.2, 0.25) is 6.79 Å². The summed E-state index contributed by atoms with van der Waals surface area (Å²) in [6.45, 7) is 1.40. The molecule has 2 aromatic rings. The minimum atomic E-state index is -0.0372. The van der Waals surface area contributed by atoms with Crippen LogP contribution < -0.4 is 20.1 Å². The number of carbonyl (C=O) groups is 1. The number of rotatable bonds is 5.